The summed E-state index contributed by atoms with van der Waals surface area (Å²) in [5, 5.41) is 0. The lowest BCUT2D eigenvalue weighted by atomic mass is 10.0. The predicted molar refractivity (Wildman–Crippen MR) is 97.5 cm³/mol. The van der Waals surface area contributed by atoms with Crippen LogP contribution >= 0.6 is 23.2 Å². The fourth-order valence-electron chi connectivity index (χ4n) is 3.10. The molecule has 0 radical (unpaired) electrons. The van der Waals surface area contributed by atoms with Gasteiger partial charge in [-0.15, -0.1) is 23.2 Å². The Hall–Kier alpha value is -1.44. The molecule has 1 aliphatic carbocycles. The Balaban J connectivity index is 1.72. The van der Waals surface area contributed by atoms with Crippen molar-refractivity contribution in [2.24, 2.45) is 11.3 Å². The molecule has 0 N–H and O–H groups in total. The summed E-state index contributed by atoms with van der Waals surface area (Å²) in [6, 6.07) is 18.1. The SMILES string of the molecule is CC1(C)C(=CC(Cl)Cl)C1Cc1cccc(Oc2ccccc2)c1. The largest absolute Gasteiger partial charge is 0.457 e. The maximum atomic E-state index is 5.91. The third kappa shape index (κ3) is 3.91. The minimum atomic E-state index is -0.429. The molecule has 1 fully saturated rings. The molecule has 1 aliphatic rings. The summed E-state index contributed by atoms with van der Waals surface area (Å²) in [6.07, 6.45) is 2.95. The van der Waals surface area contributed by atoms with Crippen molar-refractivity contribution in [3.8, 4) is 11.5 Å². The Morgan fingerprint density at radius 2 is 1.74 bits per heavy atom. The minimum absolute atomic E-state index is 0.179. The monoisotopic (exact) mass is 346 g/mol. The molecule has 0 spiro atoms. The topological polar surface area (TPSA) is 9.23 Å². The predicted octanol–water partition coefficient (Wildman–Crippen LogP) is 6.41. The number of para-hydroxylation sites is 1. The van der Waals surface area contributed by atoms with Crippen LogP contribution in [0.3, 0.4) is 0 Å². The van der Waals surface area contributed by atoms with Gasteiger partial charge in [-0.3, -0.25) is 0 Å². The maximum absolute atomic E-state index is 5.91. The summed E-state index contributed by atoms with van der Waals surface area (Å²) in [5.41, 5.74) is 2.79. The first-order chi connectivity index (χ1) is 11.0. The van der Waals surface area contributed by atoms with Gasteiger partial charge in [-0.1, -0.05) is 55.8 Å². The molecule has 0 amide bonds. The van der Waals surface area contributed by atoms with E-state index in [4.69, 9.17) is 27.9 Å². The molecule has 1 nitrogen and oxygen atoms in total. The number of benzene rings is 2. The molecule has 0 saturated heterocycles. The van der Waals surface area contributed by atoms with Gasteiger partial charge in [0, 0.05) is 0 Å². The molecular weight excluding hydrogens is 327 g/mol. The third-order valence-electron chi connectivity index (χ3n) is 4.53. The lowest BCUT2D eigenvalue weighted by Crippen LogP contribution is -1.95. The van der Waals surface area contributed by atoms with Crippen LogP contribution in [0.1, 0.15) is 19.4 Å². The minimum Gasteiger partial charge on any atom is -0.457 e. The third-order valence-corrected chi connectivity index (χ3v) is 4.78. The van der Waals surface area contributed by atoms with Crippen LogP contribution in [0, 0.1) is 11.3 Å². The van der Waals surface area contributed by atoms with Gasteiger partial charge in [0.25, 0.3) is 0 Å². The van der Waals surface area contributed by atoms with Crippen LogP contribution in [0.25, 0.3) is 0 Å². The van der Waals surface area contributed by atoms with Crippen LogP contribution in [-0.2, 0) is 6.42 Å². The number of allylic oxidation sites excluding steroid dienone is 2. The van der Waals surface area contributed by atoms with E-state index in [1.54, 1.807) is 0 Å². The number of hydrogen-bond acceptors (Lipinski definition) is 1. The van der Waals surface area contributed by atoms with Crippen LogP contribution in [0.15, 0.2) is 66.2 Å². The number of hydrogen-bond donors (Lipinski definition) is 0. The first-order valence-electron chi connectivity index (χ1n) is 7.79. The van der Waals surface area contributed by atoms with Crippen LogP contribution in [-0.4, -0.2) is 4.84 Å². The maximum Gasteiger partial charge on any atom is 0.127 e. The van der Waals surface area contributed by atoms with Crippen molar-refractivity contribution in [2.45, 2.75) is 25.1 Å². The molecular formula is C20H20Cl2O. The second kappa shape index (κ2) is 6.59. The van der Waals surface area contributed by atoms with E-state index in [2.05, 4.69) is 26.0 Å². The van der Waals surface area contributed by atoms with Gasteiger partial charge < -0.3 is 4.74 Å². The average molecular weight is 347 g/mol. The van der Waals surface area contributed by atoms with E-state index in [-0.39, 0.29) is 5.41 Å². The Bertz CT molecular complexity index is 705. The molecule has 3 rings (SSSR count). The standard InChI is InChI=1S/C20H20Cl2O/c1-20(2)17(18(20)13-19(21)22)12-14-7-6-10-16(11-14)23-15-8-4-3-5-9-15/h3-11,13,17,19H,12H2,1-2H3. The molecule has 1 atom stereocenters. The number of ether oxygens (including phenoxy) is 1. The van der Waals surface area contributed by atoms with E-state index in [0.29, 0.717) is 5.92 Å². The molecule has 0 heterocycles. The molecule has 0 bridgehead atoms. The molecule has 2 aromatic rings. The molecule has 120 valence electrons. The summed E-state index contributed by atoms with van der Waals surface area (Å²) >= 11 is 11.8. The number of alkyl halides is 2. The van der Waals surface area contributed by atoms with Crippen LogP contribution in [0.4, 0.5) is 0 Å². The first-order valence-corrected chi connectivity index (χ1v) is 8.66. The molecule has 0 aromatic heterocycles. The Kier molecular flexibility index (Phi) is 4.70. The highest BCUT2D eigenvalue weighted by Crippen LogP contribution is 2.59. The van der Waals surface area contributed by atoms with E-state index >= 15 is 0 Å². The van der Waals surface area contributed by atoms with Gasteiger partial charge in [0.1, 0.15) is 16.3 Å². The van der Waals surface area contributed by atoms with Crippen LogP contribution in [0.2, 0.25) is 0 Å². The van der Waals surface area contributed by atoms with Crippen molar-refractivity contribution in [1.29, 1.82) is 0 Å². The van der Waals surface area contributed by atoms with Gasteiger partial charge in [0.2, 0.25) is 0 Å². The second-order valence-electron chi connectivity index (χ2n) is 6.50. The van der Waals surface area contributed by atoms with Gasteiger partial charge in [-0.25, -0.2) is 0 Å². The van der Waals surface area contributed by atoms with Crippen molar-refractivity contribution in [1.82, 2.24) is 0 Å². The summed E-state index contributed by atoms with van der Waals surface area (Å²) in [6.45, 7) is 4.48. The van der Waals surface area contributed by atoms with Gasteiger partial charge in [0.05, 0.1) is 0 Å². The zero-order valence-corrected chi connectivity index (χ0v) is 14.8. The average Bonchev–Trinajstić information content (AvgIpc) is 3.00. The highest BCUT2D eigenvalue weighted by molar-refractivity contribution is 6.45. The normalized spacial score (nSPS) is 20.7. The van der Waals surface area contributed by atoms with Crippen LogP contribution in [0.5, 0.6) is 11.5 Å². The number of halogens is 2. The Morgan fingerprint density at radius 1 is 1.04 bits per heavy atom. The molecule has 23 heavy (non-hydrogen) atoms. The summed E-state index contributed by atoms with van der Waals surface area (Å²) < 4.78 is 5.91. The first kappa shape index (κ1) is 16.4. The van der Waals surface area contributed by atoms with Gasteiger partial charge >= 0.3 is 0 Å². The van der Waals surface area contributed by atoms with E-state index in [1.165, 1.54) is 11.1 Å². The molecule has 1 saturated carbocycles. The second-order valence-corrected chi connectivity index (χ2v) is 7.66. The van der Waals surface area contributed by atoms with Crippen molar-refractivity contribution < 1.29 is 4.74 Å². The lowest BCUT2D eigenvalue weighted by molar-refractivity contribution is 0.481. The van der Waals surface area contributed by atoms with Crippen molar-refractivity contribution in [3.05, 3.63) is 71.8 Å². The smallest absolute Gasteiger partial charge is 0.127 e. The highest BCUT2D eigenvalue weighted by atomic mass is 35.5. The molecule has 2 aromatic carbocycles. The van der Waals surface area contributed by atoms with E-state index < -0.39 is 4.84 Å². The van der Waals surface area contributed by atoms with E-state index in [1.807, 2.05) is 48.5 Å². The summed E-state index contributed by atoms with van der Waals surface area (Å²) in [4.78, 5) is -0.429. The number of rotatable bonds is 5. The van der Waals surface area contributed by atoms with Gasteiger partial charge in [0.15, 0.2) is 0 Å². The Labute approximate surface area is 147 Å². The molecule has 3 heteroatoms. The zero-order chi connectivity index (χ0) is 16.4. The zero-order valence-electron chi connectivity index (χ0n) is 13.3. The summed E-state index contributed by atoms with van der Waals surface area (Å²) in [5.74, 6) is 2.21. The molecule has 1 unspecified atom stereocenters. The van der Waals surface area contributed by atoms with Crippen molar-refractivity contribution in [3.63, 3.8) is 0 Å². The van der Waals surface area contributed by atoms with Crippen molar-refractivity contribution in [2.75, 3.05) is 0 Å². The van der Waals surface area contributed by atoms with Crippen molar-refractivity contribution >= 4 is 23.2 Å². The summed E-state index contributed by atoms with van der Waals surface area (Å²) in [7, 11) is 0. The van der Waals surface area contributed by atoms with Gasteiger partial charge in [-0.2, -0.15) is 0 Å². The highest BCUT2D eigenvalue weighted by Gasteiger charge is 2.51. The van der Waals surface area contributed by atoms with Crippen LogP contribution < -0.4 is 4.74 Å². The van der Waals surface area contributed by atoms with E-state index in [9.17, 15) is 0 Å². The molecule has 0 aliphatic heterocycles. The fourth-order valence-corrected chi connectivity index (χ4v) is 3.37. The van der Waals surface area contributed by atoms with E-state index in [0.717, 1.165) is 17.9 Å². The fraction of sp³-hybridized carbons (Fsp3) is 0.300. The quantitative estimate of drug-likeness (QED) is 0.449. The lowest BCUT2D eigenvalue weighted by Gasteiger charge is -2.08. The Morgan fingerprint density at radius 3 is 2.43 bits per heavy atom. The van der Waals surface area contributed by atoms with Gasteiger partial charge in [-0.05, 0) is 47.6 Å².